The number of hydrogen-bond acceptors (Lipinski definition) is 3. The third kappa shape index (κ3) is 2.43. The Labute approximate surface area is 125 Å². The van der Waals surface area contributed by atoms with Crippen molar-refractivity contribution in [2.24, 2.45) is 0 Å². The summed E-state index contributed by atoms with van der Waals surface area (Å²) in [5, 5.41) is 10.3. The van der Waals surface area contributed by atoms with Gasteiger partial charge in [0.25, 0.3) is 0 Å². The number of nitrogens with zero attached hydrogens (tertiary/aromatic N) is 2. The minimum Gasteiger partial charge on any atom is -0.480 e. The first kappa shape index (κ1) is 13.5. The second kappa shape index (κ2) is 5.50. The first-order valence-corrected chi connectivity index (χ1v) is 7.45. The molecule has 1 aromatic carbocycles. The van der Waals surface area contributed by atoms with Gasteiger partial charge in [0, 0.05) is 22.6 Å². The highest BCUT2D eigenvalue weighted by Crippen LogP contribution is 2.27. The summed E-state index contributed by atoms with van der Waals surface area (Å²) in [4.78, 5) is 17.7. The molecule has 1 atom stereocenters. The number of fused-ring (bicyclic) bond motifs is 1. The molecule has 1 aromatic heterocycles. The van der Waals surface area contributed by atoms with E-state index in [0.29, 0.717) is 6.54 Å². The van der Waals surface area contributed by atoms with E-state index < -0.39 is 5.97 Å². The summed E-state index contributed by atoms with van der Waals surface area (Å²) in [6.45, 7) is 1.50. The number of pyridine rings is 1. The molecule has 0 radical (unpaired) electrons. The molecule has 0 amide bonds. The summed E-state index contributed by atoms with van der Waals surface area (Å²) in [6.07, 6.45) is 3.47. The van der Waals surface area contributed by atoms with Crippen LogP contribution < -0.4 is 0 Å². The lowest BCUT2D eigenvalue weighted by molar-refractivity contribution is -0.142. The van der Waals surface area contributed by atoms with Gasteiger partial charge in [-0.3, -0.25) is 14.7 Å². The fourth-order valence-electron chi connectivity index (χ4n) is 2.85. The van der Waals surface area contributed by atoms with Crippen LogP contribution in [0.2, 0.25) is 0 Å². The van der Waals surface area contributed by atoms with Crippen LogP contribution in [0.25, 0.3) is 10.9 Å². The zero-order valence-electron chi connectivity index (χ0n) is 10.9. The maximum atomic E-state index is 11.3. The van der Waals surface area contributed by atoms with Gasteiger partial charge in [0.2, 0.25) is 0 Å². The molecule has 20 heavy (non-hydrogen) atoms. The van der Waals surface area contributed by atoms with Crippen LogP contribution >= 0.6 is 15.9 Å². The molecule has 3 rings (SSSR count). The molecule has 2 heterocycles. The van der Waals surface area contributed by atoms with E-state index in [9.17, 15) is 9.90 Å². The third-order valence-electron chi connectivity index (χ3n) is 3.83. The number of para-hydroxylation sites is 1. The molecule has 1 saturated heterocycles. The van der Waals surface area contributed by atoms with Crippen molar-refractivity contribution in [3.8, 4) is 0 Å². The molecule has 104 valence electrons. The number of carboxylic acid groups (broad SMARTS) is 1. The number of benzene rings is 1. The molecule has 1 fully saturated rings. The highest BCUT2D eigenvalue weighted by molar-refractivity contribution is 9.10. The summed E-state index contributed by atoms with van der Waals surface area (Å²) in [5.74, 6) is -0.720. The molecule has 2 aromatic rings. The van der Waals surface area contributed by atoms with E-state index in [1.807, 2.05) is 29.2 Å². The third-order valence-corrected chi connectivity index (χ3v) is 4.47. The summed E-state index contributed by atoms with van der Waals surface area (Å²) in [6, 6.07) is 7.61. The van der Waals surface area contributed by atoms with Crippen LogP contribution in [-0.2, 0) is 11.3 Å². The number of hydrogen-bond donors (Lipinski definition) is 1. The fraction of sp³-hybridized carbons (Fsp3) is 0.333. The first-order valence-electron chi connectivity index (χ1n) is 6.66. The van der Waals surface area contributed by atoms with Crippen molar-refractivity contribution in [2.45, 2.75) is 25.4 Å². The monoisotopic (exact) mass is 334 g/mol. The van der Waals surface area contributed by atoms with Crippen molar-refractivity contribution < 1.29 is 9.90 Å². The second-order valence-corrected chi connectivity index (χ2v) is 5.93. The van der Waals surface area contributed by atoms with E-state index in [-0.39, 0.29) is 6.04 Å². The summed E-state index contributed by atoms with van der Waals surface area (Å²) >= 11 is 3.51. The molecule has 1 aliphatic heterocycles. The van der Waals surface area contributed by atoms with Gasteiger partial charge < -0.3 is 5.11 Å². The minimum absolute atomic E-state index is 0.356. The molecular weight excluding hydrogens is 320 g/mol. The zero-order chi connectivity index (χ0) is 14.1. The van der Waals surface area contributed by atoms with Crippen LogP contribution in [0, 0.1) is 0 Å². The Morgan fingerprint density at radius 2 is 2.30 bits per heavy atom. The molecule has 0 saturated carbocycles. The Hall–Kier alpha value is -1.46. The van der Waals surface area contributed by atoms with E-state index in [4.69, 9.17) is 0 Å². The number of carboxylic acids is 1. The van der Waals surface area contributed by atoms with Crippen molar-refractivity contribution in [3.63, 3.8) is 0 Å². The normalized spacial score (nSPS) is 19.6. The Balaban J connectivity index is 1.95. The SMILES string of the molecule is O=C(O)C1CCCN1Cc1ccnc2c(Br)cccc12. The van der Waals surface area contributed by atoms with Crippen LogP contribution in [-0.4, -0.2) is 33.5 Å². The highest BCUT2D eigenvalue weighted by atomic mass is 79.9. The standard InChI is InChI=1S/C15H15BrN2O2/c16-12-4-1-3-11-10(6-7-17-14(11)12)9-18-8-2-5-13(18)15(19)20/h1,3-4,6-7,13H,2,5,8-9H2,(H,19,20). The Morgan fingerprint density at radius 1 is 1.45 bits per heavy atom. The minimum atomic E-state index is -0.720. The average Bonchev–Trinajstić information content (AvgIpc) is 2.88. The summed E-state index contributed by atoms with van der Waals surface area (Å²) in [7, 11) is 0. The number of aromatic nitrogens is 1. The molecule has 1 N–H and O–H groups in total. The molecule has 1 aliphatic rings. The number of likely N-dealkylation sites (tertiary alicyclic amines) is 1. The van der Waals surface area contributed by atoms with Crippen molar-refractivity contribution >= 4 is 32.8 Å². The van der Waals surface area contributed by atoms with Crippen molar-refractivity contribution in [1.82, 2.24) is 9.88 Å². The van der Waals surface area contributed by atoms with Gasteiger partial charge >= 0.3 is 5.97 Å². The zero-order valence-corrected chi connectivity index (χ0v) is 12.5. The van der Waals surface area contributed by atoms with Crippen LogP contribution in [0.1, 0.15) is 18.4 Å². The van der Waals surface area contributed by atoms with Crippen LogP contribution in [0.4, 0.5) is 0 Å². The molecule has 5 heteroatoms. The summed E-state index contributed by atoms with van der Waals surface area (Å²) in [5.41, 5.74) is 2.06. The van der Waals surface area contributed by atoms with Crippen LogP contribution in [0.3, 0.4) is 0 Å². The first-order chi connectivity index (χ1) is 9.66. The quantitative estimate of drug-likeness (QED) is 0.937. The van der Waals surface area contributed by atoms with Gasteiger partial charge in [-0.1, -0.05) is 12.1 Å². The number of rotatable bonds is 3. The van der Waals surface area contributed by atoms with E-state index in [1.54, 1.807) is 6.20 Å². The van der Waals surface area contributed by atoms with Crippen molar-refractivity contribution in [2.75, 3.05) is 6.54 Å². The van der Waals surface area contributed by atoms with Gasteiger partial charge in [-0.2, -0.15) is 0 Å². The summed E-state index contributed by atoms with van der Waals surface area (Å²) < 4.78 is 0.966. The maximum Gasteiger partial charge on any atom is 0.320 e. The van der Waals surface area contributed by atoms with E-state index in [0.717, 1.165) is 40.3 Å². The van der Waals surface area contributed by atoms with Gasteiger partial charge in [0.15, 0.2) is 0 Å². The average molecular weight is 335 g/mol. The van der Waals surface area contributed by atoms with Gasteiger partial charge in [0.05, 0.1) is 5.52 Å². The van der Waals surface area contributed by atoms with Crippen molar-refractivity contribution in [3.05, 3.63) is 40.5 Å². The van der Waals surface area contributed by atoms with Crippen molar-refractivity contribution in [1.29, 1.82) is 0 Å². The number of halogens is 1. The van der Waals surface area contributed by atoms with Crippen LogP contribution in [0.5, 0.6) is 0 Å². The molecule has 1 unspecified atom stereocenters. The number of aliphatic carboxylic acids is 1. The van der Waals surface area contributed by atoms with E-state index in [2.05, 4.69) is 20.9 Å². The van der Waals surface area contributed by atoms with E-state index >= 15 is 0 Å². The maximum absolute atomic E-state index is 11.3. The lowest BCUT2D eigenvalue weighted by Crippen LogP contribution is -2.35. The predicted molar refractivity (Wildman–Crippen MR) is 80.5 cm³/mol. The largest absolute Gasteiger partial charge is 0.480 e. The number of carbonyl (C=O) groups is 1. The lowest BCUT2D eigenvalue weighted by atomic mass is 10.1. The lowest BCUT2D eigenvalue weighted by Gasteiger charge is -2.21. The van der Waals surface area contributed by atoms with E-state index in [1.165, 1.54) is 0 Å². The van der Waals surface area contributed by atoms with Gasteiger partial charge in [0.1, 0.15) is 6.04 Å². The van der Waals surface area contributed by atoms with Gasteiger partial charge in [-0.05, 0) is 53.0 Å². The fourth-order valence-corrected chi connectivity index (χ4v) is 3.32. The molecular formula is C15H15BrN2O2. The Bertz CT molecular complexity index is 659. The molecule has 0 spiro atoms. The smallest absolute Gasteiger partial charge is 0.320 e. The van der Waals surface area contributed by atoms with Gasteiger partial charge in [-0.15, -0.1) is 0 Å². The topological polar surface area (TPSA) is 53.4 Å². The predicted octanol–water partition coefficient (Wildman–Crippen LogP) is 3.05. The van der Waals surface area contributed by atoms with Gasteiger partial charge in [-0.25, -0.2) is 0 Å². The Morgan fingerprint density at radius 3 is 3.10 bits per heavy atom. The molecule has 0 bridgehead atoms. The molecule has 4 nitrogen and oxygen atoms in total. The second-order valence-electron chi connectivity index (χ2n) is 5.07. The molecule has 0 aliphatic carbocycles. The highest BCUT2D eigenvalue weighted by Gasteiger charge is 2.30. The van der Waals surface area contributed by atoms with Crippen LogP contribution in [0.15, 0.2) is 34.9 Å². The Kier molecular flexibility index (Phi) is 3.72.